The van der Waals surface area contributed by atoms with E-state index in [1.54, 1.807) is 5.57 Å². The number of rotatable bonds is 0. The zero-order valence-electron chi connectivity index (χ0n) is 5.85. The van der Waals surface area contributed by atoms with Gasteiger partial charge in [-0.2, -0.15) is 0 Å². The molecule has 0 radical (unpaired) electrons. The van der Waals surface area contributed by atoms with Crippen LogP contribution >= 0.6 is 0 Å². The lowest BCUT2D eigenvalue weighted by Gasteiger charge is -2.10. The van der Waals surface area contributed by atoms with Gasteiger partial charge in [0.1, 0.15) is 0 Å². The zero-order valence-corrected chi connectivity index (χ0v) is 5.85. The fraction of sp³-hybridized carbons (Fsp3) is 0.556. The summed E-state index contributed by atoms with van der Waals surface area (Å²) in [7, 11) is 0. The molecule has 9 heavy (non-hydrogen) atoms. The average Bonchev–Trinajstić information content (AvgIpc) is 2.22. The summed E-state index contributed by atoms with van der Waals surface area (Å²) in [6.45, 7) is 6.28. The number of hydrogen-bond donors (Lipinski definition) is 0. The molecule has 0 aliphatic heterocycles. The summed E-state index contributed by atoms with van der Waals surface area (Å²) in [4.78, 5) is 0. The van der Waals surface area contributed by atoms with E-state index in [4.69, 9.17) is 0 Å². The standard InChI is InChI=1S/C9H12/c1-6-3-8-4-7(2)9(6)5-8/h4,8-9H,1,3,5H2,2H3. The van der Waals surface area contributed by atoms with Gasteiger partial charge in [-0.25, -0.2) is 0 Å². The first-order valence-corrected chi connectivity index (χ1v) is 3.63. The summed E-state index contributed by atoms with van der Waals surface area (Å²) in [5.41, 5.74) is 3.04. The Morgan fingerprint density at radius 3 is 2.78 bits per heavy atom. The van der Waals surface area contributed by atoms with E-state index in [0.717, 1.165) is 11.8 Å². The third-order valence-corrected chi connectivity index (χ3v) is 2.60. The van der Waals surface area contributed by atoms with Crippen LogP contribution in [-0.4, -0.2) is 0 Å². The predicted octanol–water partition coefficient (Wildman–Crippen LogP) is 2.53. The van der Waals surface area contributed by atoms with Crippen molar-refractivity contribution in [2.24, 2.45) is 11.8 Å². The highest BCUT2D eigenvalue weighted by Crippen LogP contribution is 2.46. The average molecular weight is 120 g/mol. The second-order valence-corrected chi connectivity index (χ2v) is 3.32. The van der Waals surface area contributed by atoms with Crippen LogP contribution in [0.4, 0.5) is 0 Å². The van der Waals surface area contributed by atoms with Crippen LogP contribution in [0.15, 0.2) is 23.8 Å². The van der Waals surface area contributed by atoms with E-state index in [9.17, 15) is 0 Å². The van der Waals surface area contributed by atoms with E-state index < -0.39 is 0 Å². The minimum absolute atomic E-state index is 0.773. The van der Waals surface area contributed by atoms with Crippen LogP contribution in [0, 0.1) is 11.8 Å². The van der Waals surface area contributed by atoms with E-state index in [1.165, 1.54) is 18.4 Å². The van der Waals surface area contributed by atoms with Crippen molar-refractivity contribution in [3.8, 4) is 0 Å². The van der Waals surface area contributed by atoms with Gasteiger partial charge in [0.15, 0.2) is 0 Å². The first-order chi connectivity index (χ1) is 4.27. The minimum atomic E-state index is 0.773. The van der Waals surface area contributed by atoms with Gasteiger partial charge < -0.3 is 0 Å². The maximum Gasteiger partial charge on any atom is 0.000749 e. The lowest BCUT2D eigenvalue weighted by molar-refractivity contribution is 0.687. The van der Waals surface area contributed by atoms with Gasteiger partial charge in [-0.15, -0.1) is 0 Å². The van der Waals surface area contributed by atoms with E-state index in [0.29, 0.717) is 0 Å². The molecule has 2 bridgehead atoms. The van der Waals surface area contributed by atoms with Crippen LogP contribution in [0.25, 0.3) is 0 Å². The SMILES string of the molecule is C=C1CC2C=C(C)C1C2. The van der Waals surface area contributed by atoms with Gasteiger partial charge in [0.05, 0.1) is 0 Å². The molecule has 0 amide bonds. The van der Waals surface area contributed by atoms with Gasteiger partial charge >= 0.3 is 0 Å². The largest absolute Gasteiger partial charge is 0.0992 e. The second-order valence-electron chi connectivity index (χ2n) is 3.32. The Balaban J connectivity index is 2.36. The quantitative estimate of drug-likeness (QED) is 0.431. The molecule has 0 heterocycles. The molecule has 0 nitrogen and oxygen atoms in total. The molecule has 2 rings (SSSR count). The minimum Gasteiger partial charge on any atom is -0.0992 e. The summed E-state index contributed by atoms with van der Waals surface area (Å²) < 4.78 is 0. The van der Waals surface area contributed by atoms with Crippen molar-refractivity contribution in [2.45, 2.75) is 19.8 Å². The van der Waals surface area contributed by atoms with Gasteiger partial charge in [-0.1, -0.05) is 23.8 Å². The monoisotopic (exact) mass is 120 g/mol. The molecular formula is C9H12. The first kappa shape index (κ1) is 5.28. The number of hydrogen-bond acceptors (Lipinski definition) is 0. The Hall–Kier alpha value is -0.520. The van der Waals surface area contributed by atoms with Crippen LogP contribution in [0.5, 0.6) is 0 Å². The summed E-state index contributed by atoms with van der Waals surface area (Å²) in [5.74, 6) is 1.64. The first-order valence-electron chi connectivity index (χ1n) is 3.63. The van der Waals surface area contributed by atoms with Crippen LogP contribution in [-0.2, 0) is 0 Å². The third kappa shape index (κ3) is 0.592. The molecule has 2 aliphatic carbocycles. The van der Waals surface area contributed by atoms with E-state index in [-0.39, 0.29) is 0 Å². The topological polar surface area (TPSA) is 0 Å². The third-order valence-electron chi connectivity index (χ3n) is 2.60. The fourth-order valence-electron chi connectivity index (χ4n) is 2.15. The van der Waals surface area contributed by atoms with Crippen molar-refractivity contribution in [1.29, 1.82) is 0 Å². The van der Waals surface area contributed by atoms with Crippen LogP contribution in [0.2, 0.25) is 0 Å². The second kappa shape index (κ2) is 1.50. The Labute approximate surface area is 56.3 Å². The lowest BCUT2D eigenvalue weighted by Crippen LogP contribution is -1.95. The molecule has 0 N–H and O–H groups in total. The highest BCUT2D eigenvalue weighted by atomic mass is 14.4. The number of allylic oxidation sites excluding steroid dienone is 3. The Morgan fingerprint density at radius 2 is 2.44 bits per heavy atom. The van der Waals surface area contributed by atoms with E-state index in [2.05, 4.69) is 19.6 Å². The van der Waals surface area contributed by atoms with Crippen molar-refractivity contribution < 1.29 is 0 Å². The highest BCUT2D eigenvalue weighted by molar-refractivity contribution is 5.30. The Bertz CT molecular complexity index is 186. The van der Waals surface area contributed by atoms with Crippen molar-refractivity contribution >= 4 is 0 Å². The molecule has 0 aromatic rings. The lowest BCUT2D eigenvalue weighted by atomic mass is 9.96. The van der Waals surface area contributed by atoms with Gasteiger partial charge in [0.25, 0.3) is 0 Å². The Kier molecular flexibility index (Phi) is 0.879. The summed E-state index contributed by atoms with van der Waals surface area (Å²) >= 11 is 0. The normalized spacial score (nSPS) is 39.7. The maximum atomic E-state index is 4.05. The van der Waals surface area contributed by atoms with Crippen LogP contribution in [0.3, 0.4) is 0 Å². The molecule has 48 valence electrons. The number of fused-ring (bicyclic) bond motifs is 2. The molecule has 2 aliphatic rings. The molecule has 0 spiro atoms. The van der Waals surface area contributed by atoms with Crippen molar-refractivity contribution in [3.05, 3.63) is 23.8 Å². The van der Waals surface area contributed by atoms with E-state index in [1.807, 2.05) is 0 Å². The zero-order chi connectivity index (χ0) is 6.43. The molecular weight excluding hydrogens is 108 g/mol. The highest BCUT2D eigenvalue weighted by Gasteiger charge is 2.32. The molecule has 0 heteroatoms. The maximum absolute atomic E-state index is 4.05. The van der Waals surface area contributed by atoms with Crippen LogP contribution in [0.1, 0.15) is 19.8 Å². The van der Waals surface area contributed by atoms with Gasteiger partial charge in [0, 0.05) is 5.92 Å². The molecule has 0 aromatic carbocycles. The van der Waals surface area contributed by atoms with Gasteiger partial charge in [-0.3, -0.25) is 0 Å². The van der Waals surface area contributed by atoms with Gasteiger partial charge in [0.2, 0.25) is 0 Å². The molecule has 2 unspecified atom stereocenters. The van der Waals surface area contributed by atoms with Crippen molar-refractivity contribution in [3.63, 3.8) is 0 Å². The molecule has 2 atom stereocenters. The molecule has 0 saturated heterocycles. The summed E-state index contributed by atoms with van der Waals surface area (Å²) in [6, 6.07) is 0. The molecule has 1 saturated carbocycles. The smallest absolute Gasteiger partial charge is 0.000749 e. The molecule has 1 fully saturated rings. The fourth-order valence-corrected chi connectivity index (χ4v) is 2.15. The summed E-state index contributed by atoms with van der Waals surface area (Å²) in [6.07, 6.45) is 5.05. The van der Waals surface area contributed by atoms with Crippen molar-refractivity contribution in [1.82, 2.24) is 0 Å². The Morgan fingerprint density at radius 1 is 1.67 bits per heavy atom. The summed E-state index contributed by atoms with van der Waals surface area (Å²) in [5, 5.41) is 0. The van der Waals surface area contributed by atoms with E-state index >= 15 is 0 Å². The van der Waals surface area contributed by atoms with Gasteiger partial charge in [-0.05, 0) is 25.7 Å². The predicted molar refractivity (Wildman–Crippen MR) is 39.1 cm³/mol. The van der Waals surface area contributed by atoms with Crippen molar-refractivity contribution in [2.75, 3.05) is 0 Å². The van der Waals surface area contributed by atoms with Crippen LogP contribution < -0.4 is 0 Å². The molecule has 0 aromatic heterocycles.